The van der Waals surface area contributed by atoms with Crippen molar-refractivity contribution in [2.24, 2.45) is 5.92 Å². The van der Waals surface area contributed by atoms with Gasteiger partial charge in [-0.05, 0) is 37.0 Å². The Morgan fingerprint density at radius 3 is 2.88 bits per heavy atom. The van der Waals surface area contributed by atoms with Crippen LogP contribution in [0.2, 0.25) is 0 Å². The molecule has 0 heterocycles. The first-order valence-corrected chi connectivity index (χ1v) is 5.90. The minimum absolute atomic E-state index is 0.597. The summed E-state index contributed by atoms with van der Waals surface area (Å²) in [5.74, 6) is 0.597. The lowest BCUT2D eigenvalue weighted by atomic mass is 9.80. The van der Waals surface area contributed by atoms with Gasteiger partial charge >= 0.3 is 0 Å². The summed E-state index contributed by atoms with van der Waals surface area (Å²) in [5, 5.41) is 0. The third kappa shape index (κ3) is 1.55. The van der Waals surface area contributed by atoms with Crippen molar-refractivity contribution in [2.75, 3.05) is 0 Å². The summed E-state index contributed by atoms with van der Waals surface area (Å²) in [6, 6.07) is 6.76. The first-order valence-electron chi connectivity index (χ1n) is 5.90. The molecule has 0 saturated carbocycles. The molecule has 0 fully saturated rings. The monoisotopic (exact) mass is 208 g/mol. The van der Waals surface area contributed by atoms with Crippen LogP contribution in [0.4, 0.5) is 0 Å². The van der Waals surface area contributed by atoms with Crippen molar-refractivity contribution in [1.29, 1.82) is 0 Å². The van der Waals surface area contributed by atoms with Gasteiger partial charge in [0.15, 0.2) is 0 Å². The normalized spacial score (nSPS) is 22.0. The van der Waals surface area contributed by atoms with Crippen LogP contribution in [0.25, 0.3) is 6.08 Å². The smallest absolute Gasteiger partial charge is 0.00645 e. The van der Waals surface area contributed by atoms with Crippen molar-refractivity contribution >= 4 is 6.08 Å². The van der Waals surface area contributed by atoms with Gasteiger partial charge in [0.2, 0.25) is 0 Å². The average Bonchev–Trinajstić information content (AvgIpc) is 2.26. The highest BCUT2D eigenvalue weighted by Crippen LogP contribution is 2.33. The highest BCUT2D eigenvalue weighted by atomic mass is 14.2. The molecule has 0 aromatic heterocycles. The van der Waals surface area contributed by atoms with Crippen LogP contribution in [0.15, 0.2) is 47.6 Å². The number of fused-ring (bicyclic) bond motifs is 2. The van der Waals surface area contributed by atoms with Gasteiger partial charge in [0.05, 0.1) is 0 Å². The first kappa shape index (κ1) is 9.65. The molecule has 1 atom stereocenters. The highest BCUT2D eigenvalue weighted by molar-refractivity contribution is 5.65. The fourth-order valence-electron chi connectivity index (χ4n) is 2.62. The van der Waals surface area contributed by atoms with Crippen molar-refractivity contribution in [3.8, 4) is 0 Å². The van der Waals surface area contributed by atoms with E-state index >= 15 is 0 Å². The molecule has 0 spiro atoms. The van der Waals surface area contributed by atoms with E-state index in [-0.39, 0.29) is 0 Å². The molecule has 16 heavy (non-hydrogen) atoms. The number of benzene rings is 1. The maximum absolute atomic E-state index is 2.39. The Morgan fingerprint density at radius 2 is 2.00 bits per heavy atom. The summed E-state index contributed by atoms with van der Waals surface area (Å²) in [6.45, 7) is 4.35. The largest absolute Gasteiger partial charge is 0.0737 e. The van der Waals surface area contributed by atoms with Crippen LogP contribution < -0.4 is 0 Å². The Labute approximate surface area is 97.0 Å². The summed E-state index contributed by atoms with van der Waals surface area (Å²) < 4.78 is 0. The van der Waals surface area contributed by atoms with Crippen molar-refractivity contribution in [2.45, 2.75) is 20.3 Å². The molecule has 80 valence electrons. The number of rotatable bonds is 0. The lowest BCUT2D eigenvalue weighted by Gasteiger charge is -2.25. The van der Waals surface area contributed by atoms with Crippen LogP contribution in [0.1, 0.15) is 23.6 Å². The highest BCUT2D eigenvalue weighted by Gasteiger charge is 2.19. The van der Waals surface area contributed by atoms with Crippen molar-refractivity contribution in [3.63, 3.8) is 0 Å². The van der Waals surface area contributed by atoms with Crippen LogP contribution in [0.5, 0.6) is 0 Å². The molecule has 0 amide bonds. The number of hydrogen-bond donors (Lipinski definition) is 0. The SMILES string of the molecule is CC1=CC2Cc3cc(C)ccc3C=C2C=C1. The third-order valence-electron chi connectivity index (χ3n) is 3.49. The molecule has 1 aromatic rings. The second kappa shape index (κ2) is 3.48. The third-order valence-corrected chi connectivity index (χ3v) is 3.49. The van der Waals surface area contributed by atoms with E-state index < -0.39 is 0 Å². The van der Waals surface area contributed by atoms with Gasteiger partial charge in [-0.25, -0.2) is 0 Å². The van der Waals surface area contributed by atoms with Crippen LogP contribution in [0, 0.1) is 12.8 Å². The molecule has 0 saturated heterocycles. The number of hydrogen-bond acceptors (Lipinski definition) is 0. The van der Waals surface area contributed by atoms with Gasteiger partial charge < -0.3 is 0 Å². The molecular formula is C16H16. The Kier molecular flexibility index (Phi) is 2.10. The molecule has 0 heteroatoms. The lowest BCUT2D eigenvalue weighted by Crippen LogP contribution is -2.12. The topological polar surface area (TPSA) is 0 Å². The molecule has 1 aromatic carbocycles. The van der Waals surface area contributed by atoms with Gasteiger partial charge in [-0.15, -0.1) is 0 Å². The predicted molar refractivity (Wildman–Crippen MR) is 69.2 cm³/mol. The van der Waals surface area contributed by atoms with Gasteiger partial charge in [0.25, 0.3) is 0 Å². The van der Waals surface area contributed by atoms with Crippen molar-refractivity contribution in [3.05, 3.63) is 64.3 Å². The zero-order valence-corrected chi connectivity index (χ0v) is 9.83. The molecule has 3 rings (SSSR count). The van der Waals surface area contributed by atoms with Crippen molar-refractivity contribution < 1.29 is 0 Å². The predicted octanol–water partition coefficient (Wildman–Crippen LogP) is 4.07. The van der Waals surface area contributed by atoms with Gasteiger partial charge in [-0.1, -0.05) is 53.6 Å². The Hall–Kier alpha value is -1.56. The van der Waals surface area contributed by atoms with E-state index in [0.29, 0.717) is 5.92 Å². The molecule has 0 bridgehead atoms. The van der Waals surface area contributed by atoms with Crippen LogP contribution >= 0.6 is 0 Å². The fraction of sp³-hybridized carbons (Fsp3) is 0.250. The summed E-state index contributed by atoms with van der Waals surface area (Å²) in [7, 11) is 0. The van der Waals surface area contributed by atoms with E-state index in [1.165, 1.54) is 27.8 Å². The summed E-state index contributed by atoms with van der Waals surface area (Å²) in [5.41, 5.74) is 7.10. The zero-order chi connectivity index (χ0) is 11.1. The Balaban J connectivity index is 2.09. The summed E-state index contributed by atoms with van der Waals surface area (Å²) in [6.07, 6.45) is 10.4. The van der Waals surface area contributed by atoms with E-state index in [2.05, 4.69) is 56.4 Å². The van der Waals surface area contributed by atoms with Gasteiger partial charge in [-0.2, -0.15) is 0 Å². The van der Waals surface area contributed by atoms with E-state index in [1.807, 2.05) is 0 Å². The Morgan fingerprint density at radius 1 is 1.12 bits per heavy atom. The van der Waals surface area contributed by atoms with Crippen LogP contribution in [-0.4, -0.2) is 0 Å². The second-order valence-corrected chi connectivity index (χ2v) is 4.90. The van der Waals surface area contributed by atoms with Gasteiger partial charge in [-0.3, -0.25) is 0 Å². The molecule has 0 aliphatic heterocycles. The molecule has 0 nitrogen and oxygen atoms in total. The minimum Gasteiger partial charge on any atom is -0.0737 e. The average molecular weight is 208 g/mol. The molecule has 2 aliphatic rings. The Bertz CT molecular complexity index is 527. The maximum Gasteiger partial charge on any atom is 0.00645 e. The standard InChI is InChI=1S/C16H16/c1-11-3-5-13-9-14-6-4-12(2)8-16(14)10-15(13)7-11/h3-9,15H,10H2,1-2H3. The van der Waals surface area contributed by atoms with Gasteiger partial charge in [0.1, 0.15) is 0 Å². The van der Waals surface area contributed by atoms with Gasteiger partial charge in [0, 0.05) is 5.92 Å². The zero-order valence-electron chi connectivity index (χ0n) is 9.83. The first-order chi connectivity index (χ1) is 7.72. The number of aryl methyl sites for hydroxylation is 1. The number of allylic oxidation sites excluding steroid dienone is 5. The molecule has 0 radical (unpaired) electrons. The van der Waals surface area contributed by atoms with Crippen LogP contribution in [0.3, 0.4) is 0 Å². The molecule has 2 aliphatic carbocycles. The minimum atomic E-state index is 0.597. The molecular weight excluding hydrogens is 192 g/mol. The van der Waals surface area contributed by atoms with E-state index in [4.69, 9.17) is 0 Å². The molecule has 1 unspecified atom stereocenters. The second-order valence-electron chi connectivity index (χ2n) is 4.90. The quantitative estimate of drug-likeness (QED) is 0.603. The molecule has 0 N–H and O–H groups in total. The van der Waals surface area contributed by atoms with Crippen molar-refractivity contribution in [1.82, 2.24) is 0 Å². The summed E-state index contributed by atoms with van der Waals surface area (Å²) >= 11 is 0. The fourth-order valence-corrected chi connectivity index (χ4v) is 2.62. The van der Waals surface area contributed by atoms with E-state index in [9.17, 15) is 0 Å². The lowest BCUT2D eigenvalue weighted by molar-refractivity contribution is 0.752. The summed E-state index contributed by atoms with van der Waals surface area (Å²) in [4.78, 5) is 0. The maximum atomic E-state index is 2.39. The van der Waals surface area contributed by atoms with E-state index in [0.717, 1.165) is 6.42 Å². The van der Waals surface area contributed by atoms with E-state index in [1.54, 1.807) is 0 Å². The van der Waals surface area contributed by atoms with Crippen LogP contribution in [-0.2, 0) is 6.42 Å².